The van der Waals surface area contributed by atoms with E-state index in [1.807, 2.05) is 32.0 Å². The van der Waals surface area contributed by atoms with Gasteiger partial charge >= 0.3 is 11.9 Å². The highest BCUT2D eigenvalue weighted by atomic mass is 16.7. The molecule has 0 amide bonds. The third kappa shape index (κ3) is 5.00. The highest BCUT2D eigenvalue weighted by Crippen LogP contribution is 2.46. The van der Waals surface area contributed by atoms with Gasteiger partial charge in [-0.3, -0.25) is 4.90 Å². The van der Waals surface area contributed by atoms with Crippen LogP contribution in [0.5, 0.6) is 5.75 Å². The highest BCUT2D eigenvalue weighted by molar-refractivity contribution is 5.97. The third-order valence-corrected chi connectivity index (χ3v) is 7.23. The first-order valence-corrected chi connectivity index (χ1v) is 11.8. The number of aliphatic carboxylic acids is 2. The molecule has 34 heavy (non-hydrogen) atoms. The largest absolute Gasteiger partial charge is 0.478 e. The van der Waals surface area contributed by atoms with E-state index in [0.29, 0.717) is 23.7 Å². The van der Waals surface area contributed by atoms with Crippen LogP contribution in [0.3, 0.4) is 0 Å². The molecule has 2 aromatic rings. The molecular formula is C27H32N2O5. The van der Waals surface area contributed by atoms with E-state index in [2.05, 4.69) is 34.6 Å². The Kier molecular flexibility index (Phi) is 7.05. The van der Waals surface area contributed by atoms with Crippen LogP contribution in [0.2, 0.25) is 0 Å². The summed E-state index contributed by atoms with van der Waals surface area (Å²) in [6.07, 6.45) is 4.05. The van der Waals surface area contributed by atoms with E-state index in [1.165, 1.54) is 5.56 Å². The number of nitrogens with one attached hydrogen (secondary N) is 1. The van der Waals surface area contributed by atoms with Gasteiger partial charge in [0.05, 0.1) is 5.57 Å². The molecule has 4 rings (SSSR count). The maximum Gasteiger partial charge on any atom is 0.334 e. The number of hydroxylamine groups is 1. The van der Waals surface area contributed by atoms with Crippen LogP contribution in [0.1, 0.15) is 47.9 Å². The van der Waals surface area contributed by atoms with Crippen LogP contribution in [0.4, 0.5) is 0 Å². The fourth-order valence-corrected chi connectivity index (χ4v) is 5.11. The molecule has 3 N–H and O–H groups in total. The number of aryl methyl sites for hydroxylation is 2. The van der Waals surface area contributed by atoms with Crippen LogP contribution in [0, 0.1) is 19.8 Å². The van der Waals surface area contributed by atoms with E-state index in [-0.39, 0.29) is 5.57 Å². The maximum absolute atomic E-state index is 12.2. The van der Waals surface area contributed by atoms with Gasteiger partial charge in [-0.25, -0.2) is 9.59 Å². The summed E-state index contributed by atoms with van der Waals surface area (Å²) in [5.41, 5.74) is 5.55. The summed E-state index contributed by atoms with van der Waals surface area (Å²) >= 11 is 0. The smallest absolute Gasteiger partial charge is 0.334 e. The lowest BCUT2D eigenvalue weighted by Crippen LogP contribution is -2.44. The summed E-state index contributed by atoms with van der Waals surface area (Å²) in [5.74, 6) is -1.56. The molecule has 0 saturated carbocycles. The fraction of sp³-hybridized carbons (Fsp3) is 0.407. The summed E-state index contributed by atoms with van der Waals surface area (Å²) in [6, 6.07) is 14.2. The minimum absolute atomic E-state index is 0.205. The number of carboxylic acid groups (broad SMARTS) is 2. The Morgan fingerprint density at radius 1 is 1.12 bits per heavy atom. The first-order chi connectivity index (χ1) is 16.3. The van der Waals surface area contributed by atoms with Gasteiger partial charge in [0.15, 0.2) is 5.75 Å². The number of likely N-dealkylation sites (tertiary alicyclic amines) is 1. The van der Waals surface area contributed by atoms with Crippen molar-refractivity contribution in [2.24, 2.45) is 5.92 Å². The average molecular weight is 465 g/mol. The predicted molar refractivity (Wildman–Crippen MR) is 128 cm³/mol. The van der Waals surface area contributed by atoms with Gasteiger partial charge in [0.2, 0.25) is 0 Å². The number of carboxylic acids is 2. The molecular weight excluding hydrogens is 432 g/mol. The van der Waals surface area contributed by atoms with Gasteiger partial charge in [-0.05, 0) is 87.4 Å². The SMILES string of the molecule is Cc1cc2c(cc1C)C(CCC1CCN(Cc3ccccc3)CC1)(C(=CC(=O)O)C(=O)O)NO2. The van der Waals surface area contributed by atoms with Crippen molar-refractivity contribution in [1.82, 2.24) is 10.4 Å². The molecule has 1 saturated heterocycles. The van der Waals surface area contributed by atoms with Crippen molar-refractivity contribution in [2.45, 2.75) is 51.6 Å². The summed E-state index contributed by atoms with van der Waals surface area (Å²) in [7, 11) is 0. The number of piperidine rings is 1. The van der Waals surface area contributed by atoms with E-state index in [1.54, 1.807) is 0 Å². The Balaban J connectivity index is 1.52. The second kappa shape index (κ2) is 9.99. The predicted octanol–water partition coefficient (Wildman–Crippen LogP) is 4.18. The molecule has 0 bridgehead atoms. The first-order valence-electron chi connectivity index (χ1n) is 11.8. The molecule has 2 aliphatic rings. The van der Waals surface area contributed by atoms with Crippen molar-refractivity contribution in [2.75, 3.05) is 13.1 Å². The van der Waals surface area contributed by atoms with Crippen LogP contribution in [-0.4, -0.2) is 40.1 Å². The van der Waals surface area contributed by atoms with Gasteiger partial charge in [-0.2, -0.15) is 0 Å². The maximum atomic E-state index is 12.2. The van der Waals surface area contributed by atoms with Gasteiger partial charge in [0.1, 0.15) is 5.54 Å². The number of fused-ring (bicyclic) bond motifs is 1. The molecule has 0 aliphatic carbocycles. The standard InChI is InChI=1S/C27H32N2O5/c1-18-14-22-24(15-19(18)2)34-28-27(22,23(26(32)33)16-25(30)31)11-8-20-9-12-29(13-10-20)17-21-6-4-3-5-7-21/h3-7,14-16,20,28H,8-13,17H2,1-2H3,(H,30,31)(H,32,33). The zero-order valence-corrected chi connectivity index (χ0v) is 19.7. The normalized spacial score (nSPS) is 21.2. The monoisotopic (exact) mass is 464 g/mol. The molecule has 7 heteroatoms. The summed E-state index contributed by atoms with van der Waals surface area (Å²) < 4.78 is 0. The highest BCUT2D eigenvalue weighted by Gasteiger charge is 2.47. The molecule has 1 fully saturated rings. The Morgan fingerprint density at radius 3 is 2.44 bits per heavy atom. The fourth-order valence-electron chi connectivity index (χ4n) is 5.11. The van der Waals surface area contributed by atoms with Crippen LogP contribution >= 0.6 is 0 Å². The molecule has 1 atom stereocenters. The third-order valence-electron chi connectivity index (χ3n) is 7.23. The van der Waals surface area contributed by atoms with E-state index in [0.717, 1.165) is 56.1 Å². The van der Waals surface area contributed by atoms with Crippen LogP contribution in [0.15, 0.2) is 54.1 Å². The molecule has 7 nitrogen and oxygen atoms in total. The van der Waals surface area contributed by atoms with E-state index in [9.17, 15) is 19.8 Å². The Hall–Kier alpha value is -3.16. The van der Waals surface area contributed by atoms with Gasteiger partial charge < -0.3 is 15.1 Å². The summed E-state index contributed by atoms with van der Waals surface area (Å²) in [5, 5.41) is 19.4. The quantitative estimate of drug-likeness (QED) is 0.504. The number of hydrogen-bond donors (Lipinski definition) is 3. The minimum atomic E-state index is -1.29. The second-order valence-electron chi connectivity index (χ2n) is 9.49. The van der Waals surface area contributed by atoms with Gasteiger partial charge in [0.25, 0.3) is 0 Å². The molecule has 2 heterocycles. The molecule has 0 aromatic heterocycles. The number of rotatable bonds is 8. The number of carbonyl (C=O) groups is 2. The molecule has 1 unspecified atom stereocenters. The lowest BCUT2D eigenvalue weighted by molar-refractivity contribution is -0.136. The lowest BCUT2D eigenvalue weighted by Gasteiger charge is -2.35. The summed E-state index contributed by atoms with van der Waals surface area (Å²) in [6.45, 7) is 6.84. The average Bonchev–Trinajstić information content (AvgIpc) is 3.15. The van der Waals surface area contributed by atoms with E-state index < -0.39 is 17.5 Å². The Bertz CT molecular complexity index is 1090. The molecule has 0 radical (unpaired) electrons. The molecule has 0 spiro atoms. The van der Waals surface area contributed by atoms with Gasteiger partial charge in [-0.1, -0.05) is 30.3 Å². The van der Waals surface area contributed by atoms with Crippen LogP contribution in [-0.2, 0) is 21.7 Å². The number of nitrogens with zero attached hydrogens (tertiary/aromatic N) is 1. The number of benzene rings is 2. The van der Waals surface area contributed by atoms with Gasteiger partial charge in [0, 0.05) is 18.2 Å². The van der Waals surface area contributed by atoms with Crippen LogP contribution < -0.4 is 10.3 Å². The zero-order valence-electron chi connectivity index (χ0n) is 19.7. The van der Waals surface area contributed by atoms with Gasteiger partial charge in [-0.15, -0.1) is 5.48 Å². The molecule has 2 aliphatic heterocycles. The van der Waals surface area contributed by atoms with Crippen LogP contribution in [0.25, 0.3) is 0 Å². The van der Waals surface area contributed by atoms with Crippen molar-refractivity contribution >= 4 is 11.9 Å². The van der Waals surface area contributed by atoms with E-state index in [4.69, 9.17) is 4.84 Å². The minimum Gasteiger partial charge on any atom is -0.478 e. The van der Waals surface area contributed by atoms with Crippen molar-refractivity contribution in [1.29, 1.82) is 0 Å². The van der Waals surface area contributed by atoms with E-state index >= 15 is 0 Å². The topological polar surface area (TPSA) is 99.1 Å². The lowest BCUT2D eigenvalue weighted by atomic mass is 9.76. The van der Waals surface area contributed by atoms with Crippen molar-refractivity contribution < 1.29 is 24.6 Å². The summed E-state index contributed by atoms with van der Waals surface area (Å²) in [4.78, 5) is 31.9. The Morgan fingerprint density at radius 2 is 1.79 bits per heavy atom. The Labute approximate surface area is 200 Å². The van der Waals surface area contributed by atoms with Crippen molar-refractivity contribution in [3.8, 4) is 5.75 Å². The molecule has 180 valence electrons. The molecule has 2 aromatic carbocycles. The zero-order chi connectivity index (χ0) is 24.3. The van der Waals surface area contributed by atoms with Crippen molar-refractivity contribution in [3.63, 3.8) is 0 Å². The second-order valence-corrected chi connectivity index (χ2v) is 9.49. The number of hydrogen-bond acceptors (Lipinski definition) is 5. The van der Waals surface area contributed by atoms with Crippen molar-refractivity contribution in [3.05, 3.63) is 76.4 Å². The first kappa shape index (κ1) is 24.0.